The third-order valence-corrected chi connectivity index (χ3v) is 5.61. The minimum atomic E-state index is -0.499. The number of halogens is 2. The Bertz CT molecular complexity index is 1210. The lowest BCUT2D eigenvalue weighted by molar-refractivity contribution is -0.114. The summed E-state index contributed by atoms with van der Waals surface area (Å²) in [5.41, 5.74) is 1.96. The van der Waals surface area contributed by atoms with Gasteiger partial charge in [0, 0.05) is 42.1 Å². The van der Waals surface area contributed by atoms with Crippen LogP contribution in [0.4, 0.5) is 15.9 Å². The van der Waals surface area contributed by atoms with E-state index in [0.717, 1.165) is 12.0 Å². The molecule has 4 rings (SSSR count). The summed E-state index contributed by atoms with van der Waals surface area (Å²) in [6, 6.07) is 8.04. The van der Waals surface area contributed by atoms with Crippen LogP contribution in [0.15, 0.2) is 48.8 Å². The molecular formula is C25H26ClFN4O3. The van der Waals surface area contributed by atoms with Crippen molar-refractivity contribution < 1.29 is 18.7 Å². The van der Waals surface area contributed by atoms with E-state index in [1.807, 2.05) is 37.2 Å². The Kier molecular flexibility index (Phi) is 7.72. The van der Waals surface area contributed by atoms with Crippen molar-refractivity contribution in [1.82, 2.24) is 14.9 Å². The zero-order valence-electron chi connectivity index (χ0n) is 19.1. The molecule has 1 fully saturated rings. The van der Waals surface area contributed by atoms with Gasteiger partial charge in [-0.25, -0.2) is 14.4 Å². The van der Waals surface area contributed by atoms with Crippen molar-refractivity contribution >= 4 is 39.8 Å². The third-order valence-electron chi connectivity index (χ3n) is 5.32. The number of ether oxygens (including phenoxy) is 2. The molecule has 7 nitrogen and oxygen atoms in total. The van der Waals surface area contributed by atoms with Crippen LogP contribution < -0.4 is 10.1 Å². The Labute approximate surface area is 202 Å². The van der Waals surface area contributed by atoms with Gasteiger partial charge in [0.2, 0.25) is 0 Å². The van der Waals surface area contributed by atoms with Gasteiger partial charge in [0.1, 0.15) is 29.8 Å². The van der Waals surface area contributed by atoms with E-state index in [9.17, 15) is 9.18 Å². The number of hydrogen-bond donors (Lipinski definition) is 1. The van der Waals surface area contributed by atoms with E-state index >= 15 is 0 Å². The molecule has 2 aromatic carbocycles. The number of allylic oxidation sites excluding steroid dienone is 1. The van der Waals surface area contributed by atoms with Gasteiger partial charge in [-0.3, -0.25) is 4.79 Å². The Morgan fingerprint density at radius 2 is 2.18 bits per heavy atom. The Hall–Kier alpha value is -3.07. The van der Waals surface area contributed by atoms with Gasteiger partial charge in [0.25, 0.3) is 0 Å². The lowest BCUT2D eigenvalue weighted by Crippen LogP contribution is -2.17. The number of carbonyl (C=O) groups is 1. The van der Waals surface area contributed by atoms with Crippen molar-refractivity contribution in [3.8, 4) is 5.75 Å². The topological polar surface area (TPSA) is 76.6 Å². The first-order valence-electron chi connectivity index (χ1n) is 11.0. The SMILES string of the molecule is CN(C)C/C=C/C(=O)Cc1cc2c(Nc3ccc(F)c(Cl)c3)ncnc2cc1OC1CCOC1. The second kappa shape index (κ2) is 10.9. The summed E-state index contributed by atoms with van der Waals surface area (Å²) >= 11 is 5.92. The number of likely N-dealkylation sites (N-methyl/N-ethyl adjacent to an activating group) is 1. The van der Waals surface area contributed by atoms with Gasteiger partial charge in [0.15, 0.2) is 5.78 Å². The molecule has 9 heteroatoms. The van der Waals surface area contributed by atoms with Crippen molar-refractivity contribution in [1.29, 1.82) is 0 Å². The van der Waals surface area contributed by atoms with Gasteiger partial charge < -0.3 is 19.7 Å². The molecule has 178 valence electrons. The molecule has 1 unspecified atom stereocenters. The maximum absolute atomic E-state index is 13.6. The van der Waals surface area contributed by atoms with Crippen LogP contribution in [0.25, 0.3) is 10.9 Å². The summed E-state index contributed by atoms with van der Waals surface area (Å²) in [6.45, 7) is 1.83. The summed E-state index contributed by atoms with van der Waals surface area (Å²) in [4.78, 5) is 23.4. The molecule has 1 aromatic heterocycles. The number of rotatable bonds is 9. The average Bonchev–Trinajstić information content (AvgIpc) is 3.30. The highest BCUT2D eigenvalue weighted by molar-refractivity contribution is 6.31. The largest absolute Gasteiger partial charge is 0.488 e. The van der Waals surface area contributed by atoms with Crippen LogP contribution in [-0.2, 0) is 16.0 Å². The van der Waals surface area contributed by atoms with E-state index < -0.39 is 5.82 Å². The number of nitrogens with zero attached hydrogens (tertiary/aromatic N) is 3. The zero-order valence-corrected chi connectivity index (χ0v) is 19.8. The fourth-order valence-corrected chi connectivity index (χ4v) is 3.79. The summed E-state index contributed by atoms with van der Waals surface area (Å²) in [5, 5.41) is 3.88. The molecule has 1 saturated heterocycles. The maximum Gasteiger partial charge on any atom is 0.159 e. The van der Waals surface area contributed by atoms with Gasteiger partial charge in [-0.2, -0.15) is 0 Å². The van der Waals surface area contributed by atoms with Crippen LogP contribution in [-0.4, -0.2) is 60.6 Å². The van der Waals surface area contributed by atoms with Gasteiger partial charge in [-0.05, 0) is 44.4 Å². The molecule has 3 aromatic rings. The van der Waals surface area contributed by atoms with Crippen LogP contribution in [0.5, 0.6) is 5.75 Å². The molecule has 0 saturated carbocycles. The number of anilines is 2. The minimum Gasteiger partial charge on any atom is -0.488 e. The third kappa shape index (κ3) is 6.08. The average molecular weight is 485 g/mol. The predicted molar refractivity (Wildman–Crippen MR) is 130 cm³/mol. The number of nitrogens with one attached hydrogen (secondary N) is 1. The van der Waals surface area contributed by atoms with Crippen LogP contribution in [0.1, 0.15) is 12.0 Å². The van der Waals surface area contributed by atoms with Crippen molar-refractivity contribution in [2.24, 2.45) is 0 Å². The zero-order chi connectivity index (χ0) is 24.1. The van der Waals surface area contributed by atoms with Gasteiger partial charge in [-0.15, -0.1) is 0 Å². The van der Waals surface area contributed by atoms with Gasteiger partial charge >= 0.3 is 0 Å². The lowest BCUT2D eigenvalue weighted by atomic mass is 10.0. The monoisotopic (exact) mass is 484 g/mol. The van der Waals surface area contributed by atoms with Crippen LogP contribution in [0.3, 0.4) is 0 Å². The summed E-state index contributed by atoms with van der Waals surface area (Å²) in [7, 11) is 3.88. The fraction of sp³-hybridized carbons (Fsp3) is 0.320. The highest BCUT2D eigenvalue weighted by Crippen LogP contribution is 2.32. The minimum absolute atomic E-state index is 0.00799. The van der Waals surface area contributed by atoms with E-state index in [1.54, 1.807) is 12.1 Å². The highest BCUT2D eigenvalue weighted by atomic mass is 35.5. The van der Waals surface area contributed by atoms with Crippen molar-refractivity contribution in [3.05, 3.63) is 65.2 Å². The van der Waals surface area contributed by atoms with Crippen LogP contribution >= 0.6 is 11.6 Å². The standard InChI is InChI=1S/C25H26ClFN4O3/c1-31(2)8-3-4-18(32)10-16-11-20-23(13-24(16)34-19-7-9-33-14-19)28-15-29-25(20)30-17-5-6-22(27)21(26)12-17/h3-6,11-13,15,19H,7-10,14H2,1-2H3,(H,28,29,30)/b4-3+. The molecule has 1 aliphatic heterocycles. The fourth-order valence-electron chi connectivity index (χ4n) is 3.61. The van der Waals surface area contributed by atoms with E-state index in [1.165, 1.54) is 18.5 Å². The second-order valence-electron chi connectivity index (χ2n) is 8.36. The van der Waals surface area contributed by atoms with Gasteiger partial charge in [-0.1, -0.05) is 17.7 Å². The van der Waals surface area contributed by atoms with Gasteiger partial charge in [0.05, 0.1) is 23.8 Å². The molecule has 0 spiro atoms. The first kappa shape index (κ1) is 24.1. The number of carbonyl (C=O) groups excluding carboxylic acids is 1. The van der Waals surface area contributed by atoms with E-state index in [-0.39, 0.29) is 23.3 Å². The summed E-state index contributed by atoms with van der Waals surface area (Å²) in [5.74, 6) is 0.582. The number of hydrogen-bond acceptors (Lipinski definition) is 7. The predicted octanol–water partition coefficient (Wildman–Crippen LogP) is 4.56. The molecular weight excluding hydrogens is 459 g/mol. The number of fused-ring (bicyclic) bond motifs is 1. The Balaban J connectivity index is 1.68. The number of benzene rings is 2. The smallest absolute Gasteiger partial charge is 0.159 e. The Morgan fingerprint density at radius 1 is 1.32 bits per heavy atom. The molecule has 1 N–H and O–H groups in total. The quantitative estimate of drug-likeness (QED) is 0.446. The molecule has 0 aliphatic carbocycles. The molecule has 0 bridgehead atoms. The molecule has 1 atom stereocenters. The maximum atomic E-state index is 13.6. The number of ketones is 1. The van der Waals surface area contributed by atoms with Crippen molar-refractivity contribution in [2.75, 3.05) is 39.2 Å². The molecule has 2 heterocycles. The lowest BCUT2D eigenvalue weighted by Gasteiger charge is -2.17. The van der Waals surface area contributed by atoms with E-state index in [4.69, 9.17) is 21.1 Å². The molecule has 0 radical (unpaired) electrons. The van der Waals surface area contributed by atoms with E-state index in [2.05, 4.69) is 15.3 Å². The second-order valence-corrected chi connectivity index (χ2v) is 8.77. The van der Waals surface area contributed by atoms with Crippen molar-refractivity contribution in [2.45, 2.75) is 18.9 Å². The van der Waals surface area contributed by atoms with Crippen molar-refractivity contribution in [3.63, 3.8) is 0 Å². The van der Waals surface area contributed by atoms with Crippen LogP contribution in [0.2, 0.25) is 5.02 Å². The highest BCUT2D eigenvalue weighted by Gasteiger charge is 2.21. The molecule has 0 amide bonds. The summed E-state index contributed by atoms with van der Waals surface area (Å²) < 4.78 is 25.2. The molecule has 1 aliphatic rings. The first-order chi connectivity index (χ1) is 16.4. The number of aromatic nitrogens is 2. The molecule has 34 heavy (non-hydrogen) atoms. The Morgan fingerprint density at radius 3 is 2.91 bits per heavy atom. The first-order valence-corrected chi connectivity index (χ1v) is 11.3. The summed E-state index contributed by atoms with van der Waals surface area (Å²) in [6.07, 6.45) is 5.75. The van der Waals surface area contributed by atoms with E-state index in [0.29, 0.717) is 47.9 Å². The van der Waals surface area contributed by atoms with Crippen LogP contribution in [0, 0.1) is 5.82 Å². The normalized spacial score (nSPS) is 16.0.